The molecular weight excluding hydrogens is 302 g/mol. The molecule has 0 aliphatic heterocycles. The summed E-state index contributed by atoms with van der Waals surface area (Å²) in [6.07, 6.45) is 0. The molecular formula is C8H6ClIN2O. The van der Waals surface area contributed by atoms with Crippen LogP contribution in [0.5, 0.6) is 5.75 Å². The number of nitrogens with one attached hydrogen (secondary N) is 1. The van der Waals surface area contributed by atoms with Crippen molar-refractivity contribution in [1.29, 1.82) is 0 Å². The molecule has 2 rings (SSSR count). The molecule has 0 unspecified atom stereocenters. The smallest absolute Gasteiger partial charge is 0.122 e. The summed E-state index contributed by atoms with van der Waals surface area (Å²) in [6.45, 7) is 0. The highest BCUT2D eigenvalue weighted by Crippen LogP contribution is 2.30. The second-order valence-corrected chi connectivity index (χ2v) is 4.03. The van der Waals surface area contributed by atoms with Gasteiger partial charge in [-0.2, -0.15) is 5.10 Å². The van der Waals surface area contributed by atoms with Crippen molar-refractivity contribution < 1.29 is 4.74 Å². The van der Waals surface area contributed by atoms with Crippen LogP contribution < -0.4 is 4.74 Å². The zero-order valence-electron chi connectivity index (χ0n) is 6.77. The molecule has 0 bridgehead atoms. The number of H-pyrrole nitrogens is 1. The summed E-state index contributed by atoms with van der Waals surface area (Å²) in [5.74, 6) is 0.723. The lowest BCUT2D eigenvalue weighted by Gasteiger charge is -2.00. The summed E-state index contributed by atoms with van der Waals surface area (Å²) in [7, 11) is 1.61. The summed E-state index contributed by atoms with van der Waals surface area (Å²) in [5.41, 5.74) is 0.828. The monoisotopic (exact) mass is 308 g/mol. The highest BCUT2D eigenvalue weighted by molar-refractivity contribution is 14.1. The van der Waals surface area contributed by atoms with Gasteiger partial charge in [-0.05, 0) is 28.7 Å². The number of aromatic amines is 1. The fraction of sp³-hybridized carbons (Fsp3) is 0.125. The maximum atomic E-state index is 6.04. The van der Waals surface area contributed by atoms with E-state index < -0.39 is 0 Å². The lowest BCUT2D eigenvalue weighted by molar-refractivity contribution is 0.415. The van der Waals surface area contributed by atoms with Gasteiger partial charge in [0.1, 0.15) is 9.45 Å². The molecule has 0 aliphatic carbocycles. The standard InChI is InChI=1S/C8H6ClIN2O/c1-13-4-2-5(9)7-6(3-4)11-12-8(7)10/h2-3H,1H3,(H,11,12). The Bertz CT molecular complexity index is 455. The first kappa shape index (κ1) is 9.08. The maximum absolute atomic E-state index is 6.04. The van der Waals surface area contributed by atoms with Crippen LogP contribution in [0.25, 0.3) is 10.9 Å². The zero-order chi connectivity index (χ0) is 9.42. The third kappa shape index (κ3) is 1.48. The molecule has 13 heavy (non-hydrogen) atoms. The van der Waals surface area contributed by atoms with Crippen LogP contribution >= 0.6 is 34.2 Å². The van der Waals surface area contributed by atoms with Crippen LogP contribution in [0.2, 0.25) is 5.02 Å². The first-order chi connectivity index (χ1) is 6.22. The number of hydrogen-bond acceptors (Lipinski definition) is 2. The van der Waals surface area contributed by atoms with Gasteiger partial charge >= 0.3 is 0 Å². The average molecular weight is 309 g/mol. The highest BCUT2D eigenvalue weighted by Gasteiger charge is 2.08. The van der Waals surface area contributed by atoms with E-state index in [4.69, 9.17) is 16.3 Å². The number of rotatable bonds is 1. The average Bonchev–Trinajstić information content (AvgIpc) is 2.48. The predicted octanol–water partition coefficient (Wildman–Crippen LogP) is 2.83. The van der Waals surface area contributed by atoms with Gasteiger partial charge in [-0.1, -0.05) is 11.6 Å². The minimum Gasteiger partial charge on any atom is -0.497 e. The van der Waals surface area contributed by atoms with Crippen LogP contribution in [-0.4, -0.2) is 17.3 Å². The Morgan fingerprint density at radius 1 is 1.54 bits per heavy atom. The molecule has 2 aromatic rings. The zero-order valence-corrected chi connectivity index (χ0v) is 9.68. The Morgan fingerprint density at radius 2 is 2.31 bits per heavy atom. The molecule has 68 valence electrons. The Morgan fingerprint density at radius 3 is 3.00 bits per heavy atom. The summed E-state index contributed by atoms with van der Waals surface area (Å²) < 4.78 is 6.02. The molecule has 1 heterocycles. The van der Waals surface area contributed by atoms with Gasteiger partial charge in [0.15, 0.2) is 0 Å². The number of methoxy groups -OCH3 is 1. The van der Waals surface area contributed by atoms with Crippen molar-refractivity contribution in [1.82, 2.24) is 10.2 Å². The minimum absolute atomic E-state index is 0.660. The van der Waals surface area contributed by atoms with Crippen LogP contribution in [-0.2, 0) is 0 Å². The molecule has 3 nitrogen and oxygen atoms in total. The quantitative estimate of drug-likeness (QED) is 0.823. The molecule has 0 saturated heterocycles. The van der Waals surface area contributed by atoms with E-state index in [1.807, 2.05) is 6.07 Å². The highest BCUT2D eigenvalue weighted by atomic mass is 127. The van der Waals surface area contributed by atoms with Gasteiger partial charge in [-0.15, -0.1) is 0 Å². The lowest BCUT2D eigenvalue weighted by Crippen LogP contribution is -1.82. The van der Waals surface area contributed by atoms with E-state index in [1.54, 1.807) is 13.2 Å². The summed E-state index contributed by atoms with van der Waals surface area (Å²) in [4.78, 5) is 0. The van der Waals surface area contributed by atoms with Crippen molar-refractivity contribution in [2.45, 2.75) is 0 Å². The topological polar surface area (TPSA) is 37.9 Å². The summed E-state index contributed by atoms with van der Waals surface area (Å²) >= 11 is 8.20. The van der Waals surface area contributed by atoms with E-state index in [2.05, 4.69) is 32.8 Å². The van der Waals surface area contributed by atoms with Crippen molar-refractivity contribution in [3.63, 3.8) is 0 Å². The molecule has 0 spiro atoms. The molecule has 0 radical (unpaired) electrons. The molecule has 0 aliphatic rings. The van der Waals surface area contributed by atoms with Gasteiger partial charge in [0.05, 0.1) is 23.0 Å². The molecule has 5 heteroatoms. The number of halogens is 2. The van der Waals surface area contributed by atoms with E-state index in [-0.39, 0.29) is 0 Å². The van der Waals surface area contributed by atoms with Crippen LogP contribution in [0.15, 0.2) is 12.1 Å². The van der Waals surface area contributed by atoms with Crippen LogP contribution in [0.1, 0.15) is 0 Å². The first-order valence-electron chi connectivity index (χ1n) is 3.59. The van der Waals surface area contributed by atoms with Gasteiger partial charge in [0.2, 0.25) is 0 Å². The van der Waals surface area contributed by atoms with Gasteiger partial charge in [0.25, 0.3) is 0 Å². The van der Waals surface area contributed by atoms with Gasteiger partial charge in [0, 0.05) is 6.07 Å². The normalized spacial score (nSPS) is 10.7. The Labute approximate surface area is 93.6 Å². The lowest BCUT2D eigenvalue weighted by atomic mass is 10.2. The fourth-order valence-corrected chi connectivity index (χ4v) is 2.30. The molecule has 1 aromatic carbocycles. The van der Waals surface area contributed by atoms with Crippen molar-refractivity contribution in [2.75, 3.05) is 7.11 Å². The number of nitrogens with zero attached hydrogens (tertiary/aromatic N) is 1. The van der Waals surface area contributed by atoms with Gasteiger partial charge in [-0.3, -0.25) is 5.10 Å². The van der Waals surface area contributed by atoms with E-state index >= 15 is 0 Å². The van der Waals surface area contributed by atoms with E-state index in [0.29, 0.717) is 5.02 Å². The van der Waals surface area contributed by atoms with Crippen LogP contribution in [0.3, 0.4) is 0 Å². The molecule has 0 saturated carbocycles. The Kier molecular flexibility index (Phi) is 2.33. The van der Waals surface area contributed by atoms with Crippen LogP contribution in [0.4, 0.5) is 0 Å². The minimum atomic E-state index is 0.660. The Balaban J connectivity index is 2.79. The first-order valence-corrected chi connectivity index (χ1v) is 5.05. The number of hydrogen-bond donors (Lipinski definition) is 1. The van der Waals surface area contributed by atoms with Crippen molar-refractivity contribution in [2.24, 2.45) is 0 Å². The van der Waals surface area contributed by atoms with Crippen LogP contribution in [0, 0.1) is 3.70 Å². The van der Waals surface area contributed by atoms with Crippen molar-refractivity contribution in [3.8, 4) is 5.75 Å². The number of aromatic nitrogens is 2. The summed E-state index contributed by atoms with van der Waals surface area (Å²) in [6, 6.07) is 3.63. The molecule has 0 amide bonds. The number of fused-ring (bicyclic) bond motifs is 1. The van der Waals surface area contributed by atoms with Crippen molar-refractivity contribution >= 4 is 45.1 Å². The predicted molar refractivity (Wildman–Crippen MR) is 60.4 cm³/mol. The van der Waals surface area contributed by atoms with Gasteiger partial charge < -0.3 is 4.74 Å². The van der Waals surface area contributed by atoms with Crippen molar-refractivity contribution in [3.05, 3.63) is 20.9 Å². The Hall–Kier alpha value is -0.490. The fourth-order valence-electron chi connectivity index (χ4n) is 1.16. The van der Waals surface area contributed by atoms with E-state index in [9.17, 15) is 0 Å². The molecule has 0 atom stereocenters. The third-order valence-electron chi connectivity index (χ3n) is 1.77. The van der Waals surface area contributed by atoms with Gasteiger partial charge in [-0.25, -0.2) is 0 Å². The number of ether oxygens (including phenoxy) is 1. The van der Waals surface area contributed by atoms with E-state index in [0.717, 1.165) is 20.4 Å². The second-order valence-electron chi connectivity index (χ2n) is 2.54. The second kappa shape index (κ2) is 3.34. The third-order valence-corrected chi connectivity index (χ3v) is 2.85. The maximum Gasteiger partial charge on any atom is 0.122 e. The largest absolute Gasteiger partial charge is 0.497 e. The summed E-state index contributed by atoms with van der Waals surface area (Å²) in [5, 5.41) is 8.56. The SMILES string of the molecule is COc1cc(Cl)c2c(I)[nH]nc2c1. The van der Waals surface area contributed by atoms with E-state index in [1.165, 1.54) is 0 Å². The number of benzene rings is 1. The molecule has 0 fully saturated rings. The molecule has 1 aromatic heterocycles. The molecule has 1 N–H and O–H groups in total.